The fourth-order valence-corrected chi connectivity index (χ4v) is 3.58. The molecule has 0 unspecified atom stereocenters. The third-order valence-corrected chi connectivity index (χ3v) is 5.02. The van der Waals surface area contributed by atoms with Crippen molar-refractivity contribution in [2.75, 3.05) is 0 Å². The molecule has 0 aliphatic carbocycles. The van der Waals surface area contributed by atoms with Crippen LogP contribution in [0.2, 0.25) is 0 Å². The first-order chi connectivity index (χ1) is 14.8. The van der Waals surface area contributed by atoms with Crippen LogP contribution in [0.5, 0.6) is 0 Å². The van der Waals surface area contributed by atoms with Gasteiger partial charge < -0.3 is 9.55 Å². The van der Waals surface area contributed by atoms with Crippen LogP contribution in [0.1, 0.15) is 5.69 Å². The molecule has 1 aromatic carbocycles. The summed E-state index contributed by atoms with van der Waals surface area (Å²) in [7, 11) is 0. The van der Waals surface area contributed by atoms with Crippen molar-refractivity contribution >= 4 is 22.1 Å². The second kappa shape index (κ2) is 6.31. The monoisotopic (exact) mass is 393 g/mol. The first-order valence-corrected chi connectivity index (χ1v) is 9.36. The van der Waals surface area contributed by atoms with Crippen molar-refractivity contribution in [2.24, 2.45) is 0 Å². The van der Waals surface area contributed by atoms with Crippen LogP contribution >= 0.6 is 0 Å². The number of H-pyrrole nitrogens is 2. The molecule has 0 aliphatic heterocycles. The Morgan fingerprint density at radius 3 is 2.73 bits per heavy atom. The maximum atomic E-state index is 4.85. The van der Waals surface area contributed by atoms with Crippen LogP contribution < -0.4 is 0 Å². The molecule has 5 heterocycles. The Balaban J connectivity index is 1.52. The quantitative estimate of drug-likeness (QED) is 0.476. The van der Waals surface area contributed by atoms with Crippen LogP contribution in [0.4, 0.5) is 0 Å². The number of rotatable bonds is 3. The third-order valence-electron chi connectivity index (χ3n) is 5.02. The Morgan fingerprint density at radius 1 is 1.00 bits per heavy atom. The van der Waals surface area contributed by atoms with Crippen molar-refractivity contribution in [3.8, 4) is 28.3 Å². The highest BCUT2D eigenvalue weighted by molar-refractivity contribution is 5.94. The third kappa shape index (κ3) is 2.56. The molecule has 0 bridgehead atoms. The minimum atomic E-state index is 0.670. The van der Waals surface area contributed by atoms with E-state index in [2.05, 4.69) is 35.1 Å². The zero-order valence-corrected chi connectivity index (χ0v) is 15.9. The molecule has 9 heteroatoms. The highest BCUT2D eigenvalue weighted by Crippen LogP contribution is 2.30. The summed E-state index contributed by atoms with van der Waals surface area (Å²) in [5.74, 6) is 0.670. The van der Waals surface area contributed by atoms with Gasteiger partial charge in [0.05, 0.1) is 28.6 Å². The van der Waals surface area contributed by atoms with E-state index in [9.17, 15) is 0 Å². The summed E-state index contributed by atoms with van der Waals surface area (Å²) in [6.45, 7) is 1.96. The van der Waals surface area contributed by atoms with E-state index in [0.29, 0.717) is 17.2 Å². The van der Waals surface area contributed by atoms with Gasteiger partial charge in [-0.05, 0) is 25.1 Å². The van der Waals surface area contributed by atoms with E-state index in [-0.39, 0.29) is 0 Å². The van der Waals surface area contributed by atoms with Crippen LogP contribution in [0.15, 0.2) is 61.7 Å². The van der Waals surface area contributed by atoms with Gasteiger partial charge in [0.25, 0.3) is 0 Å². The van der Waals surface area contributed by atoms with Gasteiger partial charge in [0, 0.05) is 35.9 Å². The number of aromatic nitrogens is 9. The van der Waals surface area contributed by atoms with E-state index in [4.69, 9.17) is 4.98 Å². The lowest BCUT2D eigenvalue weighted by Crippen LogP contribution is -1.91. The second-order valence-corrected chi connectivity index (χ2v) is 7.00. The van der Waals surface area contributed by atoms with E-state index in [0.717, 1.165) is 38.9 Å². The molecule has 0 saturated carbocycles. The van der Waals surface area contributed by atoms with Gasteiger partial charge in [-0.1, -0.05) is 6.07 Å². The SMILES string of the molecule is Cc1cn(-c2cccc3[nH]c(-c4n[nH]c5ncc(-c6cncnc6)cc45)nc23)cn1. The molecular formula is C21H15N9. The standard InChI is InChI=1S/C21H15N9/c1-12-9-30(11-25-12)17-4-2-3-16-19(17)27-21(26-16)18-15-5-13(8-24-20(15)29-28-18)14-6-22-10-23-7-14/h2-11H,1H3,(H,26,27)(H,24,28,29). The van der Waals surface area contributed by atoms with Crippen molar-refractivity contribution in [1.82, 2.24) is 44.7 Å². The topological polar surface area (TPSA) is 114 Å². The number of nitrogens with zero attached hydrogens (tertiary/aromatic N) is 7. The number of hydrogen-bond donors (Lipinski definition) is 2. The molecule has 0 atom stereocenters. The molecular weight excluding hydrogens is 378 g/mol. The molecule has 0 saturated heterocycles. The largest absolute Gasteiger partial charge is 0.336 e. The summed E-state index contributed by atoms with van der Waals surface area (Å²) in [5.41, 5.74) is 6.88. The number of benzene rings is 1. The van der Waals surface area contributed by atoms with E-state index in [1.165, 1.54) is 6.33 Å². The Morgan fingerprint density at radius 2 is 1.90 bits per heavy atom. The molecule has 2 N–H and O–H groups in total. The van der Waals surface area contributed by atoms with Crippen LogP contribution in [-0.4, -0.2) is 44.7 Å². The van der Waals surface area contributed by atoms with E-state index in [1.54, 1.807) is 24.9 Å². The summed E-state index contributed by atoms with van der Waals surface area (Å²) in [6, 6.07) is 8.03. The maximum Gasteiger partial charge on any atom is 0.159 e. The molecule has 9 nitrogen and oxygen atoms in total. The van der Waals surface area contributed by atoms with Crippen molar-refractivity contribution in [2.45, 2.75) is 6.92 Å². The lowest BCUT2D eigenvalue weighted by atomic mass is 10.1. The Kier molecular flexibility index (Phi) is 3.48. The normalized spacial score (nSPS) is 11.5. The molecule has 0 aliphatic rings. The van der Waals surface area contributed by atoms with Crippen LogP contribution in [0, 0.1) is 6.92 Å². The molecule has 6 rings (SSSR count). The number of fused-ring (bicyclic) bond motifs is 2. The summed E-state index contributed by atoms with van der Waals surface area (Å²) < 4.78 is 1.97. The first kappa shape index (κ1) is 16.5. The second-order valence-electron chi connectivity index (χ2n) is 7.00. The average molecular weight is 393 g/mol. The number of imidazole rings is 2. The molecule has 5 aromatic heterocycles. The lowest BCUT2D eigenvalue weighted by Gasteiger charge is -2.01. The van der Waals surface area contributed by atoms with Gasteiger partial charge in [0.2, 0.25) is 0 Å². The Labute approximate surface area is 169 Å². The molecule has 0 radical (unpaired) electrons. The number of nitrogens with one attached hydrogen (secondary N) is 2. The highest BCUT2D eigenvalue weighted by Gasteiger charge is 2.16. The number of hydrogen-bond acceptors (Lipinski definition) is 6. The van der Waals surface area contributed by atoms with Crippen LogP contribution in [0.3, 0.4) is 0 Å². The van der Waals surface area contributed by atoms with Crippen LogP contribution in [0.25, 0.3) is 50.4 Å². The summed E-state index contributed by atoms with van der Waals surface area (Å²) in [6.07, 6.45) is 10.6. The number of aromatic amines is 2. The van der Waals surface area contributed by atoms with Crippen molar-refractivity contribution in [3.63, 3.8) is 0 Å². The van der Waals surface area contributed by atoms with Crippen molar-refractivity contribution in [1.29, 1.82) is 0 Å². The number of para-hydroxylation sites is 1. The molecule has 144 valence electrons. The van der Waals surface area contributed by atoms with Crippen molar-refractivity contribution in [3.05, 3.63) is 67.4 Å². The van der Waals surface area contributed by atoms with Gasteiger partial charge in [-0.15, -0.1) is 0 Å². The zero-order valence-electron chi connectivity index (χ0n) is 15.9. The minimum Gasteiger partial charge on any atom is -0.336 e. The minimum absolute atomic E-state index is 0.670. The Hall–Kier alpha value is -4.40. The predicted octanol–water partition coefficient (Wildman–Crippen LogP) is 3.45. The summed E-state index contributed by atoms with van der Waals surface area (Å²) in [4.78, 5) is 25.2. The predicted molar refractivity (Wildman–Crippen MR) is 112 cm³/mol. The molecule has 0 spiro atoms. The fraction of sp³-hybridized carbons (Fsp3) is 0.0476. The molecule has 0 amide bonds. The van der Waals surface area contributed by atoms with Gasteiger partial charge in [0.15, 0.2) is 11.5 Å². The molecule has 0 fully saturated rings. The molecule has 30 heavy (non-hydrogen) atoms. The highest BCUT2D eigenvalue weighted by atomic mass is 15.2. The van der Waals surface area contributed by atoms with Gasteiger partial charge in [-0.3, -0.25) is 5.10 Å². The zero-order chi connectivity index (χ0) is 20.1. The fourth-order valence-electron chi connectivity index (χ4n) is 3.58. The number of pyridine rings is 1. The molecule has 6 aromatic rings. The van der Waals surface area contributed by atoms with Crippen LogP contribution in [-0.2, 0) is 0 Å². The van der Waals surface area contributed by atoms with E-state index in [1.807, 2.05) is 42.0 Å². The average Bonchev–Trinajstić information content (AvgIpc) is 3.51. The summed E-state index contributed by atoms with van der Waals surface area (Å²) in [5, 5.41) is 8.33. The van der Waals surface area contributed by atoms with Gasteiger partial charge in [-0.2, -0.15) is 5.10 Å². The van der Waals surface area contributed by atoms with Crippen molar-refractivity contribution < 1.29 is 0 Å². The number of aryl methyl sites for hydroxylation is 1. The van der Waals surface area contributed by atoms with E-state index < -0.39 is 0 Å². The lowest BCUT2D eigenvalue weighted by molar-refractivity contribution is 1.06. The van der Waals surface area contributed by atoms with E-state index >= 15 is 0 Å². The summed E-state index contributed by atoms with van der Waals surface area (Å²) >= 11 is 0. The maximum absolute atomic E-state index is 4.85. The smallest absolute Gasteiger partial charge is 0.159 e. The van der Waals surface area contributed by atoms with Gasteiger partial charge in [-0.25, -0.2) is 24.9 Å². The Bertz CT molecular complexity index is 1510. The van der Waals surface area contributed by atoms with Gasteiger partial charge >= 0.3 is 0 Å². The first-order valence-electron chi connectivity index (χ1n) is 9.36. The van der Waals surface area contributed by atoms with Gasteiger partial charge in [0.1, 0.15) is 17.5 Å².